The Hall–Kier alpha value is -2.08. The van der Waals surface area contributed by atoms with Gasteiger partial charge in [0, 0.05) is 6.42 Å². The second-order valence-corrected chi connectivity index (χ2v) is 4.29. The fraction of sp³-hybridized carbons (Fsp3) is 0.250. The van der Waals surface area contributed by atoms with E-state index >= 15 is 0 Å². The summed E-state index contributed by atoms with van der Waals surface area (Å²) in [5.74, 6) is -1.76. The zero-order valence-corrected chi connectivity index (χ0v) is 11.0. The molecule has 3 amide bonds. The zero-order chi connectivity index (χ0) is 14.4. The van der Waals surface area contributed by atoms with Gasteiger partial charge in [-0.15, -0.1) is 0 Å². The number of benzene rings is 1. The van der Waals surface area contributed by atoms with Crippen LogP contribution in [0.2, 0.25) is 5.02 Å². The third-order valence-corrected chi connectivity index (χ3v) is 2.52. The predicted octanol–water partition coefficient (Wildman–Crippen LogP) is 2.16. The van der Waals surface area contributed by atoms with Crippen molar-refractivity contribution in [1.29, 1.82) is 0 Å². The van der Waals surface area contributed by atoms with Crippen molar-refractivity contribution < 1.29 is 19.5 Å². The summed E-state index contributed by atoms with van der Waals surface area (Å²) in [6, 6.07) is 4.31. The van der Waals surface area contributed by atoms with Crippen LogP contribution < -0.4 is 10.6 Å². The Morgan fingerprint density at radius 2 is 1.95 bits per heavy atom. The van der Waals surface area contributed by atoms with Crippen molar-refractivity contribution in [2.45, 2.75) is 19.8 Å². The number of aryl methyl sites for hydroxylation is 1. The molecule has 0 saturated heterocycles. The molecule has 0 aliphatic rings. The monoisotopic (exact) mass is 284 g/mol. The average molecular weight is 285 g/mol. The molecule has 0 fully saturated rings. The molecule has 0 aromatic heterocycles. The van der Waals surface area contributed by atoms with E-state index in [1.165, 1.54) is 0 Å². The molecule has 102 valence electrons. The first-order valence-electron chi connectivity index (χ1n) is 5.47. The Morgan fingerprint density at radius 1 is 1.26 bits per heavy atom. The SMILES string of the molecule is Cc1ccc(Cl)c(NC(=O)NC(=O)CCC(=O)O)c1. The average Bonchev–Trinajstić information content (AvgIpc) is 2.31. The topological polar surface area (TPSA) is 95.5 Å². The summed E-state index contributed by atoms with van der Waals surface area (Å²) >= 11 is 5.87. The largest absolute Gasteiger partial charge is 0.481 e. The van der Waals surface area contributed by atoms with E-state index in [0.29, 0.717) is 10.7 Å². The number of urea groups is 1. The minimum Gasteiger partial charge on any atom is -0.481 e. The molecule has 1 rings (SSSR count). The Bertz CT molecular complexity index is 516. The number of aliphatic carboxylic acids is 1. The van der Waals surface area contributed by atoms with Crippen molar-refractivity contribution >= 4 is 35.2 Å². The maximum atomic E-state index is 11.5. The first-order valence-corrected chi connectivity index (χ1v) is 5.85. The molecule has 0 bridgehead atoms. The van der Waals surface area contributed by atoms with Crippen LogP contribution in [0.1, 0.15) is 18.4 Å². The fourth-order valence-corrected chi connectivity index (χ4v) is 1.46. The minimum atomic E-state index is -1.10. The van der Waals surface area contributed by atoms with Crippen LogP contribution in [-0.2, 0) is 9.59 Å². The van der Waals surface area contributed by atoms with Crippen LogP contribution in [0.5, 0.6) is 0 Å². The molecule has 1 aromatic rings. The molecule has 0 unspecified atom stereocenters. The molecule has 6 nitrogen and oxygen atoms in total. The standard InChI is InChI=1S/C12H13ClN2O4/c1-7-2-3-8(13)9(6-7)14-12(19)15-10(16)4-5-11(17)18/h2-3,6H,4-5H2,1H3,(H,17,18)(H2,14,15,16,19). The van der Waals surface area contributed by atoms with Gasteiger partial charge < -0.3 is 10.4 Å². The maximum Gasteiger partial charge on any atom is 0.325 e. The Morgan fingerprint density at radius 3 is 2.58 bits per heavy atom. The highest BCUT2D eigenvalue weighted by Crippen LogP contribution is 2.22. The molecule has 7 heteroatoms. The van der Waals surface area contributed by atoms with Crippen LogP contribution in [-0.4, -0.2) is 23.0 Å². The van der Waals surface area contributed by atoms with E-state index in [1.54, 1.807) is 18.2 Å². The van der Waals surface area contributed by atoms with Crippen LogP contribution in [0.4, 0.5) is 10.5 Å². The number of carboxylic acids is 1. The Kier molecular flexibility index (Phi) is 5.32. The summed E-state index contributed by atoms with van der Waals surface area (Å²) in [5, 5.41) is 13.2. The molecule has 0 saturated carbocycles. The van der Waals surface area contributed by atoms with Crippen molar-refractivity contribution in [1.82, 2.24) is 5.32 Å². The van der Waals surface area contributed by atoms with Gasteiger partial charge in [-0.1, -0.05) is 17.7 Å². The summed E-state index contributed by atoms with van der Waals surface area (Å²) in [6.07, 6.45) is -0.589. The third-order valence-electron chi connectivity index (χ3n) is 2.19. The number of imide groups is 1. The third kappa shape index (κ3) is 5.39. The number of amides is 3. The lowest BCUT2D eigenvalue weighted by atomic mass is 10.2. The van der Waals surface area contributed by atoms with Gasteiger partial charge >= 0.3 is 12.0 Å². The van der Waals surface area contributed by atoms with Gasteiger partial charge in [-0.2, -0.15) is 0 Å². The highest BCUT2D eigenvalue weighted by molar-refractivity contribution is 6.33. The molecule has 0 aliphatic heterocycles. The molecule has 0 atom stereocenters. The summed E-state index contributed by atoms with van der Waals surface area (Å²) < 4.78 is 0. The van der Waals surface area contributed by atoms with Crippen molar-refractivity contribution in [3.05, 3.63) is 28.8 Å². The number of halogens is 1. The van der Waals surface area contributed by atoms with Crippen LogP contribution in [0, 0.1) is 6.92 Å². The zero-order valence-electron chi connectivity index (χ0n) is 10.2. The molecule has 0 heterocycles. The predicted molar refractivity (Wildman–Crippen MR) is 70.2 cm³/mol. The quantitative estimate of drug-likeness (QED) is 0.789. The van der Waals surface area contributed by atoms with Gasteiger partial charge in [0.15, 0.2) is 0 Å². The summed E-state index contributed by atoms with van der Waals surface area (Å²) in [4.78, 5) is 33.0. The van der Waals surface area contributed by atoms with E-state index in [4.69, 9.17) is 16.7 Å². The molecule has 19 heavy (non-hydrogen) atoms. The summed E-state index contributed by atoms with van der Waals surface area (Å²) in [7, 11) is 0. The summed E-state index contributed by atoms with van der Waals surface area (Å²) in [5.41, 5.74) is 1.28. The second-order valence-electron chi connectivity index (χ2n) is 3.88. The molecule has 0 aliphatic carbocycles. The maximum absolute atomic E-state index is 11.5. The van der Waals surface area contributed by atoms with Crippen molar-refractivity contribution in [2.24, 2.45) is 0 Å². The second kappa shape index (κ2) is 6.75. The van der Waals surface area contributed by atoms with Gasteiger partial charge in [-0.25, -0.2) is 4.79 Å². The lowest BCUT2D eigenvalue weighted by molar-refractivity contribution is -0.138. The van der Waals surface area contributed by atoms with Crippen molar-refractivity contribution in [3.8, 4) is 0 Å². The molecular weight excluding hydrogens is 272 g/mol. The highest BCUT2D eigenvalue weighted by atomic mass is 35.5. The number of nitrogens with one attached hydrogen (secondary N) is 2. The van der Waals surface area contributed by atoms with Crippen LogP contribution in [0.25, 0.3) is 0 Å². The number of hydrogen-bond acceptors (Lipinski definition) is 3. The smallest absolute Gasteiger partial charge is 0.325 e. The number of hydrogen-bond donors (Lipinski definition) is 3. The van der Waals surface area contributed by atoms with E-state index in [9.17, 15) is 14.4 Å². The number of carbonyl (C=O) groups is 3. The van der Waals surface area contributed by atoms with Crippen molar-refractivity contribution in [2.75, 3.05) is 5.32 Å². The minimum absolute atomic E-state index is 0.260. The lowest BCUT2D eigenvalue weighted by Crippen LogP contribution is -2.34. The molecule has 0 spiro atoms. The van der Waals surface area contributed by atoms with Gasteiger partial charge in [-0.3, -0.25) is 14.9 Å². The van der Waals surface area contributed by atoms with E-state index in [-0.39, 0.29) is 12.8 Å². The van der Waals surface area contributed by atoms with Gasteiger partial charge in [0.05, 0.1) is 17.1 Å². The Balaban J connectivity index is 2.53. The lowest BCUT2D eigenvalue weighted by Gasteiger charge is -2.08. The fourth-order valence-electron chi connectivity index (χ4n) is 1.30. The Labute approximate surface area is 114 Å². The molecule has 0 radical (unpaired) electrons. The van der Waals surface area contributed by atoms with Crippen LogP contribution in [0.15, 0.2) is 18.2 Å². The van der Waals surface area contributed by atoms with E-state index in [1.807, 2.05) is 12.2 Å². The first-order chi connectivity index (χ1) is 8.88. The summed E-state index contributed by atoms with van der Waals surface area (Å²) in [6.45, 7) is 1.83. The van der Waals surface area contributed by atoms with Gasteiger partial charge in [0.2, 0.25) is 5.91 Å². The van der Waals surface area contributed by atoms with Crippen molar-refractivity contribution in [3.63, 3.8) is 0 Å². The molecule has 1 aromatic carbocycles. The normalized spacial score (nSPS) is 9.79. The van der Waals surface area contributed by atoms with Crippen LogP contribution >= 0.6 is 11.6 Å². The first kappa shape index (κ1) is 15.0. The van der Waals surface area contributed by atoms with Gasteiger partial charge in [0.1, 0.15) is 0 Å². The number of rotatable bonds is 4. The molecule has 3 N–H and O–H groups in total. The highest BCUT2D eigenvalue weighted by Gasteiger charge is 2.11. The number of carboxylic acid groups (broad SMARTS) is 1. The van der Waals surface area contributed by atoms with E-state index in [0.717, 1.165) is 5.56 Å². The van der Waals surface area contributed by atoms with E-state index < -0.39 is 17.9 Å². The number of anilines is 1. The van der Waals surface area contributed by atoms with Crippen LogP contribution in [0.3, 0.4) is 0 Å². The van der Waals surface area contributed by atoms with Gasteiger partial charge in [0.25, 0.3) is 0 Å². The van der Waals surface area contributed by atoms with Gasteiger partial charge in [-0.05, 0) is 24.6 Å². The number of carbonyl (C=O) groups excluding carboxylic acids is 2. The van der Waals surface area contributed by atoms with E-state index in [2.05, 4.69) is 5.32 Å². The molecular formula is C12H13ClN2O4.